The van der Waals surface area contributed by atoms with Crippen molar-refractivity contribution in [3.8, 4) is 0 Å². The highest BCUT2D eigenvalue weighted by Gasteiger charge is 2.49. The van der Waals surface area contributed by atoms with Gasteiger partial charge in [0.1, 0.15) is 0 Å². The average molecular weight is 220 g/mol. The van der Waals surface area contributed by atoms with Gasteiger partial charge in [-0.05, 0) is 0 Å². The van der Waals surface area contributed by atoms with Gasteiger partial charge in [-0.15, -0.1) is 0 Å². The van der Waals surface area contributed by atoms with E-state index in [2.05, 4.69) is 0 Å². The molecule has 0 spiro atoms. The van der Waals surface area contributed by atoms with Gasteiger partial charge in [0.15, 0.2) is 12.2 Å². The van der Waals surface area contributed by atoms with E-state index in [9.17, 15) is 9.59 Å². The molecule has 1 aliphatic heterocycles. The number of aliphatic carboxylic acids is 2. The Morgan fingerprint density at radius 2 is 1.47 bits per heavy atom. The van der Waals surface area contributed by atoms with Gasteiger partial charge in [0, 0.05) is 12.8 Å². The van der Waals surface area contributed by atoms with Gasteiger partial charge in [0.2, 0.25) is 0 Å². The molecule has 0 bridgehead atoms. The van der Waals surface area contributed by atoms with E-state index < -0.39 is 29.7 Å². The van der Waals surface area contributed by atoms with Gasteiger partial charge in [-0.25, -0.2) is 9.59 Å². The Labute approximate surface area is 84.9 Å². The third-order valence-corrected chi connectivity index (χ3v) is 2.25. The highest BCUT2D eigenvalue weighted by atomic mass is 16.6. The van der Waals surface area contributed by atoms with E-state index in [0.29, 0.717) is 0 Å². The van der Waals surface area contributed by atoms with E-state index in [1.54, 1.807) is 0 Å². The number of rotatable bonds is 6. The van der Waals surface area contributed by atoms with Crippen molar-refractivity contribution in [2.75, 3.05) is 6.61 Å². The van der Waals surface area contributed by atoms with Crippen LogP contribution in [0.5, 0.6) is 0 Å². The standard InChI is InChI=1S/C8H12O7/c9-4(6(11)12)1-8(3-15-8)2-5(10)7(13)14/h4-5,9-10H,1-3H2,(H,11,12)(H,13,14). The number of hydrogen-bond acceptors (Lipinski definition) is 5. The van der Waals surface area contributed by atoms with Crippen LogP contribution in [0.4, 0.5) is 0 Å². The lowest BCUT2D eigenvalue weighted by Gasteiger charge is -2.15. The number of hydrogen-bond donors (Lipinski definition) is 4. The molecule has 2 unspecified atom stereocenters. The summed E-state index contributed by atoms with van der Waals surface area (Å²) in [5.41, 5.74) is -1.00. The minimum atomic E-state index is -1.60. The van der Waals surface area contributed by atoms with Crippen molar-refractivity contribution < 1.29 is 34.8 Å². The van der Waals surface area contributed by atoms with Gasteiger partial charge in [0.05, 0.1) is 12.2 Å². The molecule has 1 heterocycles. The average Bonchev–Trinajstić information content (AvgIpc) is 2.84. The predicted octanol–water partition coefficient (Wildman–Crippen LogP) is -1.57. The monoisotopic (exact) mass is 220 g/mol. The van der Waals surface area contributed by atoms with Crippen LogP contribution in [0.25, 0.3) is 0 Å². The van der Waals surface area contributed by atoms with Crippen molar-refractivity contribution >= 4 is 11.9 Å². The molecule has 86 valence electrons. The van der Waals surface area contributed by atoms with Gasteiger partial charge in [-0.3, -0.25) is 0 Å². The maximum Gasteiger partial charge on any atom is 0.332 e. The summed E-state index contributed by atoms with van der Waals surface area (Å²) in [6.45, 7) is 0.154. The van der Waals surface area contributed by atoms with Gasteiger partial charge in [0.25, 0.3) is 0 Å². The number of carboxylic acids is 2. The highest BCUT2D eigenvalue weighted by Crippen LogP contribution is 2.37. The zero-order chi connectivity index (χ0) is 11.6. The molecule has 0 aromatic heterocycles. The fraction of sp³-hybridized carbons (Fsp3) is 0.750. The quantitative estimate of drug-likeness (QED) is 0.398. The lowest BCUT2D eigenvalue weighted by atomic mass is 9.95. The van der Waals surface area contributed by atoms with Crippen molar-refractivity contribution in [3.05, 3.63) is 0 Å². The number of aliphatic hydroxyl groups excluding tert-OH is 2. The highest BCUT2D eigenvalue weighted by molar-refractivity contribution is 5.73. The van der Waals surface area contributed by atoms with Crippen LogP contribution in [0, 0.1) is 0 Å². The molecule has 0 amide bonds. The van der Waals surface area contributed by atoms with E-state index in [1.807, 2.05) is 0 Å². The van der Waals surface area contributed by atoms with Crippen LogP contribution in [0.1, 0.15) is 12.8 Å². The molecule has 15 heavy (non-hydrogen) atoms. The number of ether oxygens (including phenoxy) is 1. The molecule has 1 fully saturated rings. The fourth-order valence-corrected chi connectivity index (χ4v) is 1.30. The third kappa shape index (κ3) is 3.15. The molecule has 0 aromatic carbocycles. The van der Waals surface area contributed by atoms with Crippen LogP contribution >= 0.6 is 0 Å². The van der Waals surface area contributed by atoms with Crippen molar-refractivity contribution in [3.63, 3.8) is 0 Å². The molecule has 0 saturated carbocycles. The normalized spacial score (nSPS) is 28.1. The first-order valence-electron chi connectivity index (χ1n) is 4.32. The zero-order valence-electron chi connectivity index (χ0n) is 7.79. The first kappa shape index (κ1) is 11.9. The molecule has 7 heteroatoms. The van der Waals surface area contributed by atoms with Crippen LogP contribution in [-0.4, -0.2) is 56.8 Å². The van der Waals surface area contributed by atoms with E-state index in [-0.39, 0.29) is 19.4 Å². The van der Waals surface area contributed by atoms with Crippen LogP contribution in [0.2, 0.25) is 0 Å². The first-order valence-corrected chi connectivity index (χ1v) is 4.32. The largest absolute Gasteiger partial charge is 0.479 e. The lowest BCUT2D eigenvalue weighted by Crippen LogP contribution is -2.33. The second kappa shape index (κ2) is 4.13. The van der Waals surface area contributed by atoms with E-state index in [0.717, 1.165) is 0 Å². The van der Waals surface area contributed by atoms with E-state index in [4.69, 9.17) is 25.2 Å². The zero-order valence-corrected chi connectivity index (χ0v) is 7.79. The molecule has 0 radical (unpaired) electrons. The lowest BCUT2D eigenvalue weighted by molar-refractivity contribution is -0.149. The molecule has 1 aliphatic rings. The third-order valence-electron chi connectivity index (χ3n) is 2.25. The summed E-state index contributed by atoms with van der Waals surface area (Å²) in [4.78, 5) is 20.7. The van der Waals surface area contributed by atoms with E-state index in [1.165, 1.54) is 0 Å². The Morgan fingerprint density at radius 1 is 1.13 bits per heavy atom. The van der Waals surface area contributed by atoms with E-state index >= 15 is 0 Å². The molecule has 1 saturated heterocycles. The summed E-state index contributed by atoms with van der Waals surface area (Å²) in [7, 11) is 0. The Kier molecular flexibility index (Phi) is 3.28. The maximum atomic E-state index is 10.3. The second-order valence-electron chi connectivity index (χ2n) is 3.59. The van der Waals surface area contributed by atoms with Gasteiger partial charge < -0.3 is 25.2 Å². The molecular formula is C8H12O7. The molecule has 0 aliphatic carbocycles. The summed E-state index contributed by atoms with van der Waals surface area (Å²) < 4.78 is 4.89. The minimum Gasteiger partial charge on any atom is -0.479 e. The SMILES string of the molecule is O=C(O)C(O)CC1(CC(O)C(=O)O)CO1. The topological polar surface area (TPSA) is 128 Å². The smallest absolute Gasteiger partial charge is 0.332 e. The fourth-order valence-electron chi connectivity index (χ4n) is 1.30. The number of carbonyl (C=O) groups is 2. The van der Waals surface area contributed by atoms with Crippen molar-refractivity contribution in [2.24, 2.45) is 0 Å². The van der Waals surface area contributed by atoms with Crippen LogP contribution in [0.3, 0.4) is 0 Å². The Bertz CT molecular complexity index is 246. The Morgan fingerprint density at radius 3 is 1.67 bits per heavy atom. The molecule has 1 rings (SSSR count). The van der Waals surface area contributed by atoms with Gasteiger partial charge in [-0.2, -0.15) is 0 Å². The predicted molar refractivity (Wildman–Crippen MR) is 45.2 cm³/mol. The van der Waals surface area contributed by atoms with Crippen LogP contribution in [0.15, 0.2) is 0 Å². The number of epoxide rings is 1. The summed E-state index contributed by atoms with van der Waals surface area (Å²) in [6.07, 6.45) is -3.64. The Balaban J connectivity index is 2.46. The Hall–Kier alpha value is -1.18. The van der Waals surface area contributed by atoms with Gasteiger partial charge >= 0.3 is 11.9 Å². The number of carboxylic acid groups (broad SMARTS) is 2. The van der Waals surface area contributed by atoms with Gasteiger partial charge in [-0.1, -0.05) is 0 Å². The number of aliphatic hydroxyl groups is 2. The molecule has 2 atom stereocenters. The summed E-state index contributed by atoms with van der Waals surface area (Å²) >= 11 is 0. The second-order valence-corrected chi connectivity index (χ2v) is 3.59. The molecule has 7 nitrogen and oxygen atoms in total. The minimum absolute atomic E-state index is 0.154. The van der Waals surface area contributed by atoms with Crippen LogP contribution in [-0.2, 0) is 14.3 Å². The molecular weight excluding hydrogens is 208 g/mol. The summed E-state index contributed by atoms with van der Waals surface area (Å²) in [6, 6.07) is 0. The van der Waals surface area contributed by atoms with Crippen molar-refractivity contribution in [1.82, 2.24) is 0 Å². The summed E-state index contributed by atoms with van der Waals surface area (Å²) in [5, 5.41) is 35.0. The first-order chi connectivity index (χ1) is 6.86. The van der Waals surface area contributed by atoms with Crippen LogP contribution < -0.4 is 0 Å². The van der Waals surface area contributed by atoms with Crippen molar-refractivity contribution in [2.45, 2.75) is 30.7 Å². The maximum absolute atomic E-state index is 10.3. The molecule has 4 N–H and O–H groups in total. The summed E-state index contributed by atoms with van der Waals surface area (Å²) in [5.74, 6) is -2.79. The molecule has 0 aromatic rings. The van der Waals surface area contributed by atoms with Crippen molar-refractivity contribution in [1.29, 1.82) is 0 Å².